The van der Waals surface area contributed by atoms with Crippen molar-refractivity contribution in [2.45, 2.75) is 49.9 Å². The molecule has 3 unspecified atom stereocenters. The van der Waals surface area contributed by atoms with Crippen molar-refractivity contribution in [1.82, 2.24) is 5.32 Å². The zero-order chi connectivity index (χ0) is 14.4. The van der Waals surface area contributed by atoms with Crippen molar-refractivity contribution >= 4 is 23.4 Å². The van der Waals surface area contributed by atoms with Gasteiger partial charge in [0.25, 0.3) is 0 Å². The number of amides is 1. The van der Waals surface area contributed by atoms with Gasteiger partial charge in [0, 0.05) is 17.0 Å². The minimum Gasteiger partial charge on any atom is -0.325 e. The summed E-state index contributed by atoms with van der Waals surface area (Å²) in [6, 6.07) is 9.93. The SMILES string of the molecule is CSC1CCCCC1NC(C)C(=O)Nc1ccccc1. The van der Waals surface area contributed by atoms with Gasteiger partial charge in [0.1, 0.15) is 0 Å². The van der Waals surface area contributed by atoms with E-state index in [1.165, 1.54) is 25.7 Å². The summed E-state index contributed by atoms with van der Waals surface area (Å²) in [5.74, 6) is 0.0432. The Kier molecular flexibility index (Phi) is 5.92. The van der Waals surface area contributed by atoms with Gasteiger partial charge in [-0.05, 0) is 38.2 Å². The van der Waals surface area contributed by atoms with E-state index in [2.05, 4.69) is 16.9 Å². The molecule has 1 aliphatic rings. The number of anilines is 1. The lowest BCUT2D eigenvalue weighted by Crippen LogP contribution is -2.49. The predicted molar refractivity (Wildman–Crippen MR) is 87.2 cm³/mol. The van der Waals surface area contributed by atoms with E-state index >= 15 is 0 Å². The fraction of sp³-hybridized carbons (Fsp3) is 0.562. The van der Waals surface area contributed by atoms with Crippen molar-refractivity contribution in [3.8, 4) is 0 Å². The maximum absolute atomic E-state index is 12.2. The molecule has 20 heavy (non-hydrogen) atoms. The van der Waals surface area contributed by atoms with Crippen molar-refractivity contribution in [3.05, 3.63) is 30.3 Å². The van der Waals surface area contributed by atoms with E-state index in [-0.39, 0.29) is 11.9 Å². The average molecular weight is 292 g/mol. The number of para-hydroxylation sites is 1. The van der Waals surface area contributed by atoms with Gasteiger partial charge in [0.2, 0.25) is 5.91 Å². The summed E-state index contributed by atoms with van der Waals surface area (Å²) in [5.41, 5.74) is 0.858. The first-order valence-corrected chi connectivity index (χ1v) is 8.64. The van der Waals surface area contributed by atoms with Crippen molar-refractivity contribution in [1.29, 1.82) is 0 Å². The summed E-state index contributed by atoms with van der Waals surface area (Å²) in [6.07, 6.45) is 7.18. The third kappa shape index (κ3) is 4.25. The third-order valence-corrected chi connectivity index (χ3v) is 5.07. The van der Waals surface area contributed by atoms with Crippen molar-refractivity contribution in [2.24, 2.45) is 0 Å². The van der Waals surface area contributed by atoms with Gasteiger partial charge in [-0.2, -0.15) is 11.8 Å². The standard InChI is InChI=1S/C16H24N2OS/c1-12(16(19)18-13-8-4-3-5-9-13)17-14-10-6-7-11-15(14)20-2/h3-5,8-9,12,14-15,17H,6-7,10-11H2,1-2H3,(H,18,19). The quantitative estimate of drug-likeness (QED) is 0.875. The smallest absolute Gasteiger partial charge is 0.241 e. The van der Waals surface area contributed by atoms with Crippen LogP contribution in [-0.2, 0) is 4.79 Å². The number of carbonyl (C=O) groups excluding carboxylic acids is 1. The van der Waals surface area contributed by atoms with Gasteiger partial charge >= 0.3 is 0 Å². The fourth-order valence-corrected chi connectivity index (χ4v) is 3.68. The summed E-state index contributed by atoms with van der Waals surface area (Å²) in [4.78, 5) is 12.2. The summed E-state index contributed by atoms with van der Waals surface area (Å²) in [7, 11) is 0. The molecule has 2 N–H and O–H groups in total. The molecule has 4 heteroatoms. The first-order valence-electron chi connectivity index (χ1n) is 7.35. The highest BCUT2D eigenvalue weighted by molar-refractivity contribution is 7.99. The number of nitrogens with one attached hydrogen (secondary N) is 2. The minimum absolute atomic E-state index is 0.0432. The Morgan fingerprint density at radius 3 is 2.65 bits per heavy atom. The van der Waals surface area contributed by atoms with Crippen LogP contribution in [0, 0.1) is 0 Å². The highest BCUT2D eigenvalue weighted by Gasteiger charge is 2.27. The van der Waals surface area contributed by atoms with E-state index in [0.717, 1.165) is 5.69 Å². The summed E-state index contributed by atoms with van der Waals surface area (Å²) in [6.45, 7) is 1.95. The van der Waals surface area contributed by atoms with Crippen LogP contribution in [0.25, 0.3) is 0 Å². The number of hydrogen-bond acceptors (Lipinski definition) is 3. The van der Waals surface area contributed by atoms with Gasteiger partial charge in [-0.1, -0.05) is 31.0 Å². The van der Waals surface area contributed by atoms with E-state index < -0.39 is 0 Å². The molecule has 0 aliphatic heterocycles. The van der Waals surface area contributed by atoms with Gasteiger partial charge in [-0.15, -0.1) is 0 Å². The molecule has 3 atom stereocenters. The second-order valence-electron chi connectivity index (χ2n) is 5.41. The average Bonchev–Trinajstić information content (AvgIpc) is 2.48. The van der Waals surface area contributed by atoms with Crippen LogP contribution in [-0.4, -0.2) is 29.5 Å². The van der Waals surface area contributed by atoms with Gasteiger partial charge in [-0.3, -0.25) is 4.79 Å². The summed E-state index contributed by atoms with van der Waals surface area (Å²) < 4.78 is 0. The monoisotopic (exact) mass is 292 g/mol. The van der Waals surface area contributed by atoms with E-state index in [1.54, 1.807) is 0 Å². The van der Waals surface area contributed by atoms with Crippen LogP contribution in [0.15, 0.2) is 30.3 Å². The van der Waals surface area contributed by atoms with Gasteiger partial charge < -0.3 is 10.6 Å². The summed E-state index contributed by atoms with van der Waals surface area (Å²) >= 11 is 1.92. The largest absolute Gasteiger partial charge is 0.325 e. The highest BCUT2D eigenvalue weighted by atomic mass is 32.2. The molecule has 3 nitrogen and oxygen atoms in total. The van der Waals surface area contributed by atoms with Crippen LogP contribution >= 0.6 is 11.8 Å². The Bertz CT molecular complexity index is 424. The number of rotatable bonds is 5. The Labute approximate surface area is 125 Å². The molecule has 1 saturated carbocycles. The molecule has 2 rings (SSSR count). The molecular formula is C16H24N2OS. The second-order valence-corrected chi connectivity index (χ2v) is 6.49. The first-order chi connectivity index (χ1) is 9.70. The molecule has 0 bridgehead atoms. The van der Waals surface area contributed by atoms with Gasteiger partial charge in [0.15, 0.2) is 0 Å². The van der Waals surface area contributed by atoms with Crippen molar-refractivity contribution in [3.63, 3.8) is 0 Å². The minimum atomic E-state index is -0.159. The Hall–Kier alpha value is -1.00. The van der Waals surface area contributed by atoms with Gasteiger partial charge in [0.05, 0.1) is 6.04 Å². The van der Waals surface area contributed by atoms with Crippen LogP contribution in [0.4, 0.5) is 5.69 Å². The molecule has 0 radical (unpaired) electrons. The van der Waals surface area contributed by atoms with E-state index in [9.17, 15) is 4.79 Å². The number of carbonyl (C=O) groups is 1. The molecule has 0 heterocycles. The maximum atomic E-state index is 12.2. The Morgan fingerprint density at radius 1 is 1.25 bits per heavy atom. The Morgan fingerprint density at radius 2 is 1.95 bits per heavy atom. The highest BCUT2D eigenvalue weighted by Crippen LogP contribution is 2.27. The number of hydrogen-bond donors (Lipinski definition) is 2. The second kappa shape index (κ2) is 7.70. The lowest BCUT2D eigenvalue weighted by molar-refractivity contribution is -0.118. The normalized spacial score (nSPS) is 24.1. The third-order valence-electron chi connectivity index (χ3n) is 3.90. The molecular weight excluding hydrogens is 268 g/mol. The number of benzene rings is 1. The number of thioether (sulfide) groups is 1. The molecule has 1 fully saturated rings. The van der Waals surface area contributed by atoms with Crippen LogP contribution in [0.3, 0.4) is 0 Å². The van der Waals surface area contributed by atoms with Crippen LogP contribution < -0.4 is 10.6 Å². The molecule has 0 aromatic heterocycles. The first kappa shape index (κ1) is 15.4. The van der Waals surface area contributed by atoms with Crippen molar-refractivity contribution in [2.75, 3.05) is 11.6 Å². The van der Waals surface area contributed by atoms with Crippen LogP contribution in [0.5, 0.6) is 0 Å². The van der Waals surface area contributed by atoms with E-state index in [1.807, 2.05) is 49.0 Å². The molecule has 0 spiro atoms. The lowest BCUT2D eigenvalue weighted by atomic mass is 9.94. The van der Waals surface area contributed by atoms with Crippen LogP contribution in [0.2, 0.25) is 0 Å². The van der Waals surface area contributed by atoms with Crippen molar-refractivity contribution < 1.29 is 4.79 Å². The zero-order valence-electron chi connectivity index (χ0n) is 12.3. The van der Waals surface area contributed by atoms with Crippen LogP contribution in [0.1, 0.15) is 32.6 Å². The van der Waals surface area contributed by atoms with Gasteiger partial charge in [-0.25, -0.2) is 0 Å². The molecule has 110 valence electrons. The molecule has 1 aromatic carbocycles. The Balaban J connectivity index is 1.87. The predicted octanol–water partition coefficient (Wildman–Crippen LogP) is 3.28. The zero-order valence-corrected chi connectivity index (χ0v) is 13.1. The molecule has 1 aliphatic carbocycles. The van der Waals surface area contributed by atoms with E-state index in [4.69, 9.17) is 0 Å². The molecule has 0 saturated heterocycles. The van der Waals surface area contributed by atoms with E-state index in [0.29, 0.717) is 11.3 Å². The fourth-order valence-electron chi connectivity index (χ4n) is 2.74. The topological polar surface area (TPSA) is 41.1 Å². The molecule has 1 amide bonds. The lowest BCUT2D eigenvalue weighted by Gasteiger charge is -2.33. The summed E-state index contributed by atoms with van der Waals surface area (Å²) in [5, 5.41) is 7.10. The molecule has 1 aromatic rings. The maximum Gasteiger partial charge on any atom is 0.241 e.